The Morgan fingerprint density at radius 3 is 2.85 bits per heavy atom. The second-order valence-electron chi connectivity index (χ2n) is 3.64. The molecule has 0 spiro atoms. The molecular formula is C9H18BrN3. The molecule has 3 nitrogen and oxygen atoms in total. The van der Waals surface area contributed by atoms with Crippen molar-refractivity contribution in [2.75, 3.05) is 39.8 Å². The Balaban J connectivity index is 2.47. The Labute approximate surface area is 88.7 Å². The van der Waals surface area contributed by atoms with Crippen LogP contribution in [0.2, 0.25) is 0 Å². The molecule has 4 heteroatoms. The van der Waals surface area contributed by atoms with Gasteiger partial charge in [-0.25, -0.2) is 0 Å². The lowest BCUT2D eigenvalue weighted by Crippen LogP contribution is -2.54. The van der Waals surface area contributed by atoms with Gasteiger partial charge in [-0.15, -0.1) is 0 Å². The summed E-state index contributed by atoms with van der Waals surface area (Å²) in [4.78, 5) is 4.71. The number of nitrogens with two attached hydrogens (primary N) is 1. The Morgan fingerprint density at radius 1 is 1.62 bits per heavy atom. The van der Waals surface area contributed by atoms with Crippen molar-refractivity contribution >= 4 is 15.9 Å². The third kappa shape index (κ3) is 3.38. The fourth-order valence-electron chi connectivity index (χ4n) is 1.70. The predicted molar refractivity (Wildman–Crippen MR) is 60.0 cm³/mol. The van der Waals surface area contributed by atoms with E-state index in [1.54, 1.807) is 0 Å². The number of rotatable bonds is 3. The average molecular weight is 248 g/mol. The highest BCUT2D eigenvalue weighted by molar-refractivity contribution is 9.11. The van der Waals surface area contributed by atoms with Crippen LogP contribution in [-0.4, -0.2) is 55.6 Å². The molecule has 76 valence electrons. The minimum Gasteiger partial charge on any atom is -0.329 e. The van der Waals surface area contributed by atoms with Crippen LogP contribution in [0.25, 0.3) is 0 Å². The number of hydrogen-bond acceptors (Lipinski definition) is 3. The first-order valence-electron chi connectivity index (χ1n) is 4.59. The van der Waals surface area contributed by atoms with E-state index in [1.807, 2.05) is 0 Å². The summed E-state index contributed by atoms with van der Waals surface area (Å²) in [6, 6.07) is 0.480. The van der Waals surface area contributed by atoms with E-state index < -0.39 is 0 Å². The van der Waals surface area contributed by atoms with Crippen LogP contribution < -0.4 is 5.73 Å². The number of likely N-dealkylation sites (N-methyl/N-ethyl adjacent to an activating group) is 1. The van der Waals surface area contributed by atoms with Crippen molar-refractivity contribution in [1.82, 2.24) is 9.80 Å². The largest absolute Gasteiger partial charge is 0.329 e. The lowest BCUT2D eigenvalue weighted by Gasteiger charge is -2.39. The van der Waals surface area contributed by atoms with Crippen LogP contribution in [0.4, 0.5) is 0 Å². The van der Waals surface area contributed by atoms with E-state index in [0.29, 0.717) is 6.04 Å². The maximum atomic E-state index is 5.72. The van der Waals surface area contributed by atoms with Gasteiger partial charge in [0.1, 0.15) is 0 Å². The molecule has 1 rings (SSSR count). The first-order valence-corrected chi connectivity index (χ1v) is 5.38. The zero-order chi connectivity index (χ0) is 9.84. The van der Waals surface area contributed by atoms with Gasteiger partial charge in [-0.2, -0.15) is 0 Å². The van der Waals surface area contributed by atoms with Crippen LogP contribution in [0.5, 0.6) is 0 Å². The Morgan fingerprint density at radius 2 is 2.31 bits per heavy atom. The van der Waals surface area contributed by atoms with Crippen LogP contribution in [0.15, 0.2) is 11.1 Å². The molecule has 1 unspecified atom stereocenters. The van der Waals surface area contributed by atoms with Crippen molar-refractivity contribution in [3.05, 3.63) is 11.1 Å². The Kier molecular flexibility index (Phi) is 4.38. The van der Waals surface area contributed by atoms with E-state index in [1.165, 1.54) is 0 Å². The van der Waals surface area contributed by atoms with Crippen molar-refractivity contribution in [3.63, 3.8) is 0 Å². The second-order valence-corrected chi connectivity index (χ2v) is 4.76. The molecule has 1 saturated heterocycles. The maximum Gasteiger partial charge on any atom is 0.0349 e. The van der Waals surface area contributed by atoms with Gasteiger partial charge in [0.2, 0.25) is 0 Å². The fraction of sp³-hybridized carbons (Fsp3) is 0.778. The van der Waals surface area contributed by atoms with Gasteiger partial charge < -0.3 is 10.6 Å². The highest BCUT2D eigenvalue weighted by Crippen LogP contribution is 2.11. The average Bonchev–Trinajstić information content (AvgIpc) is 2.07. The molecule has 0 radical (unpaired) electrons. The molecular weight excluding hydrogens is 230 g/mol. The minimum atomic E-state index is 0.480. The van der Waals surface area contributed by atoms with Gasteiger partial charge in [-0.3, -0.25) is 4.90 Å². The molecule has 1 aliphatic rings. The van der Waals surface area contributed by atoms with Crippen LogP contribution >= 0.6 is 15.9 Å². The van der Waals surface area contributed by atoms with Crippen LogP contribution in [0, 0.1) is 0 Å². The Bertz CT molecular complexity index is 184. The summed E-state index contributed by atoms with van der Waals surface area (Å²) in [5, 5.41) is 0. The fourth-order valence-corrected chi connectivity index (χ4v) is 2.02. The SMILES string of the molecule is C=C(Br)CN1CCN(C)CC1CN. The smallest absolute Gasteiger partial charge is 0.0349 e. The van der Waals surface area contributed by atoms with Crippen molar-refractivity contribution in [3.8, 4) is 0 Å². The molecule has 0 amide bonds. The van der Waals surface area contributed by atoms with E-state index in [0.717, 1.165) is 37.2 Å². The third-order valence-corrected chi connectivity index (χ3v) is 2.71. The number of nitrogens with zero attached hydrogens (tertiary/aromatic N) is 2. The second kappa shape index (κ2) is 5.10. The van der Waals surface area contributed by atoms with Gasteiger partial charge in [0.15, 0.2) is 0 Å². The molecule has 0 saturated carbocycles. The van der Waals surface area contributed by atoms with Crippen LogP contribution in [-0.2, 0) is 0 Å². The molecule has 2 N–H and O–H groups in total. The van der Waals surface area contributed by atoms with Crippen molar-refractivity contribution in [2.45, 2.75) is 6.04 Å². The number of hydrogen-bond donors (Lipinski definition) is 1. The van der Waals surface area contributed by atoms with E-state index in [2.05, 4.69) is 39.4 Å². The molecule has 1 aliphatic heterocycles. The van der Waals surface area contributed by atoms with E-state index in [-0.39, 0.29) is 0 Å². The molecule has 0 aromatic rings. The van der Waals surface area contributed by atoms with Gasteiger partial charge in [0, 0.05) is 43.2 Å². The van der Waals surface area contributed by atoms with E-state index >= 15 is 0 Å². The molecule has 0 bridgehead atoms. The number of piperazine rings is 1. The molecule has 0 aromatic carbocycles. The van der Waals surface area contributed by atoms with Gasteiger partial charge in [0.25, 0.3) is 0 Å². The summed E-state index contributed by atoms with van der Waals surface area (Å²) in [6.07, 6.45) is 0. The van der Waals surface area contributed by atoms with Crippen molar-refractivity contribution < 1.29 is 0 Å². The highest BCUT2D eigenvalue weighted by Gasteiger charge is 2.23. The summed E-state index contributed by atoms with van der Waals surface area (Å²) < 4.78 is 1.04. The summed E-state index contributed by atoms with van der Waals surface area (Å²) >= 11 is 3.39. The first-order chi connectivity index (χ1) is 6.13. The zero-order valence-electron chi connectivity index (χ0n) is 8.17. The minimum absolute atomic E-state index is 0.480. The van der Waals surface area contributed by atoms with Gasteiger partial charge in [0.05, 0.1) is 0 Å². The van der Waals surface area contributed by atoms with Crippen molar-refractivity contribution in [1.29, 1.82) is 0 Å². The molecule has 1 heterocycles. The lowest BCUT2D eigenvalue weighted by molar-refractivity contribution is 0.105. The lowest BCUT2D eigenvalue weighted by atomic mass is 10.2. The molecule has 0 aromatic heterocycles. The van der Waals surface area contributed by atoms with Gasteiger partial charge >= 0.3 is 0 Å². The highest BCUT2D eigenvalue weighted by atomic mass is 79.9. The topological polar surface area (TPSA) is 32.5 Å². The molecule has 13 heavy (non-hydrogen) atoms. The van der Waals surface area contributed by atoms with Gasteiger partial charge in [-0.1, -0.05) is 22.5 Å². The third-order valence-electron chi connectivity index (χ3n) is 2.45. The summed E-state index contributed by atoms with van der Waals surface area (Å²) in [7, 11) is 2.14. The van der Waals surface area contributed by atoms with Crippen molar-refractivity contribution in [2.24, 2.45) is 5.73 Å². The first kappa shape index (κ1) is 11.2. The quantitative estimate of drug-likeness (QED) is 0.788. The molecule has 1 atom stereocenters. The summed E-state index contributed by atoms with van der Waals surface area (Å²) in [5.41, 5.74) is 5.72. The summed E-state index contributed by atoms with van der Waals surface area (Å²) in [5.74, 6) is 0. The predicted octanol–water partition coefficient (Wildman–Crippen LogP) is 0.470. The molecule has 0 aliphatic carbocycles. The zero-order valence-corrected chi connectivity index (χ0v) is 9.76. The standard InChI is InChI=1S/C9H18BrN3/c1-8(10)6-13-4-3-12(2)7-9(13)5-11/h9H,1,3-7,11H2,2H3. The summed E-state index contributed by atoms with van der Waals surface area (Å²) in [6.45, 7) is 8.77. The van der Waals surface area contributed by atoms with E-state index in [9.17, 15) is 0 Å². The van der Waals surface area contributed by atoms with E-state index in [4.69, 9.17) is 5.73 Å². The van der Waals surface area contributed by atoms with Crippen LogP contribution in [0.1, 0.15) is 0 Å². The number of halogens is 1. The monoisotopic (exact) mass is 247 g/mol. The normalized spacial score (nSPS) is 26.2. The molecule has 1 fully saturated rings. The maximum absolute atomic E-state index is 5.72. The Hall–Kier alpha value is 0.1000. The van der Waals surface area contributed by atoms with Crippen LogP contribution in [0.3, 0.4) is 0 Å². The van der Waals surface area contributed by atoms with Gasteiger partial charge in [-0.05, 0) is 7.05 Å².